The molecule has 25 heavy (non-hydrogen) atoms. The third kappa shape index (κ3) is 4.93. The summed E-state index contributed by atoms with van der Waals surface area (Å²) in [4.78, 5) is 12.2. The minimum atomic E-state index is -0.277. The summed E-state index contributed by atoms with van der Waals surface area (Å²) >= 11 is 6.10. The first kappa shape index (κ1) is 18.7. The second kappa shape index (κ2) is 9.03. The summed E-state index contributed by atoms with van der Waals surface area (Å²) in [6, 6.07) is 10.3. The monoisotopic (exact) mass is 365 g/mol. The Kier molecular flexibility index (Phi) is 6.77. The molecule has 2 aromatic carbocycles. The Balaban J connectivity index is 1.88. The quantitative estimate of drug-likeness (QED) is 0.728. The molecule has 0 spiro atoms. The molecule has 0 unspecified atom stereocenters. The molecule has 134 valence electrons. The highest BCUT2D eigenvalue weighted by atomic mass is 35.5. The Hall–Kier alpha value is -2.60. The predicted octanol–water partition coefficient (Wildman–Crippen LogP) is 3.17. The normalized spacial score (nSPS) is 10.1. The molecule has 0 heterocycles. The summed E-state index contributed by atoms with van der Waals surface area (Å²) in [6.45, 7) is 0.677. The lowest BCUT2D eigenvalue weighted by Crippen LogP contribution is -2.28. The van der Waals surface area contributed by atoms with Crippen molar-refractivity contribution in [3.05, 3.63) is 47.0 Å². The van der Waals surface area contributed by atoms with Crippen molar-refractivity contribution in [1.82, 2.24) is 5.32 Å². The molecule has 0 saturated carbocycles. The van der Waals surface area contributed by atoms with E-state index in [-0.39, 0.29) is 5.91 Å². The van der Waals surface area contributed by atoms with Gasteiger partial charge in [-0.15, -0.1) is 0 Å². The molecule has 0 aromatic heterocycles. The van der Waals surface area contributed by atoms with Crippen molar-refractivity contribution in [3.63, 3.8) is 0 Å². The van der Waals surface area contributed by atoms with Crippen molar-refractivity contribution in [2.75, 3.05) is 34.5 Å². The Morgan fingerprint density at radius 2 is 1.68 bits per heavy atom. The van der Waals surface area contributed by atoms with Crippen molar-refractivity contribution in [2.45, 2.75) is 0 Å². The number of methoxy groups -OCH3 is 3. The third-order valence-corrected chi connectivity index (χ3v) is 3.69. The molecule has 1 amide bonds. The predicted molar refractivity (Wildman–Crippen MR) is 95.4 cm³/mol. The van der Waals surface area contributed by atoms with Gasteiger partial charge in [0, 0.05) is 5.56 Å². The molecule has 0 radical (unpaired) electrons. The van der Waals surface area contributed by atoms with Crippen molar-refractivity contribution < 1.29 is 23.7 Å². The second-order valence-corrected chi connectivity index (χ2v) is 5.38. The van der Waals surface area contributed by atoms with Crippen LogP contribution in [0.25, 0.3) is 0 Å². The van der Waals surface area contributed by atoms with E-state index in [1.165, 1.54) is 20.3 Å². The highest BCUT2D eigenvalue weighted by molar-refractivity contribution is 6.32. The fourth-order valence-electron chi connectivity index (χ4n) is 2.16. The third-order valence-electron chi connectivity index (χ3n) is 3.41. The number of ether oxygens (including phenoxy) is 4. The zero-order chi connectivity index (χ0) is 18.2. The van der Waals surface area contributed by atoms with Crippen LogP contribution in [0.4, 0.5) is 0 Å². The molecule has 0 aliphatic rings. The summed E-state index contributed by atoms with van der Waals surface area (Å²) in [5.74, 6) is 1.97. The second-order valence-electron chi connectivity index (χ2n) is 4.97. The van der Waals surface area contributed by atoms with Crippen LogP contribution < -0.4 is 24.3 Å². The molecule has 0 bridgehead atoms. The summed E-state index contributed by atoms with van der Waals surface area (Å²) in [7, 11) is 4.57. The van der Waals surface area contributed by atoms with Crippen LogP contribution in [-0.4, -0.2) is 40.4 Å². The van der Waals surface area contributed by atoms with E-state index in [2.05, 4.69) is 5.32 Å². The number of benzene rings is 2. The molecule has 1 N–H and O–H groups in total. The van der Waals surface area contributed by atoms with Gasteiger partial charge in [0.05, 0.1) is 32.9 Å². The van der Waals surface area contributed by atoms with Crippen LogP contribution >= 0.6 is 11.6 Å². The molecule has 0 fully saturated rings. The van der Waals surface area contributed by atoms with E-state index in [4.69, 9.17) is 30.5 Å². The summed E-state index contributed by atoms with van der Waals surface area (Å²) < 4.78 is 21.0. The highest BCUT2D eigenvalue weighted by Gasteiger charge is 2.14. The lowest BCUT2D eigenvalue weighted by atomic mass is 10.2. The van der Waals surface area contributed by atoms with Gasteiger partial charge in [-0.3, -0.25) is 4.79 Å². The van der Waals surface area contributed by atoms with E-state index in [0.29, 0.717) is 41.0 Å². The number of carbonyl (C=O) groups excluding carboxylic acids is 1. The lowest BCUT2D eigenvalue weighted by molar-refractivity contribution is 0.0946. The average Bonchev–Trinajstić information content (AvgIpc) is 2.64. The number of amides is 1. The van der Waals surface area contributed by atoms with E-state index in [9.17, 15) is 4.79 Å². The number of carbonyl (C=O) groups is 1. The van der Waals surface area contributed by atoms with Gasteiger partial charge >= 0.3 is 0 Å². The molecule has 0 aliphatic heterocycles. The van der Waals surface area contributed by atoms with Crippen LogP contribution in [0.1, 0.15) is 10.4 Å². The van der Waals surface area contributed by atoms with Crippen LogP contribution in [-0.2, 0) is 0 Å². The molecular formula is C18H20ClNO5. The molecule has 7 heteroatoms. The van der Waals surface area contributed by atoms with E-state index in [0.717, 1.165) is 5.75 Å². The summed E-state index contributed by atoms with van der Waals surface area (Å²) in [5.41, 5.74) is 0.382. The minimum absolute atomic E-state index is 0.277. The molecule has 6 nitrogen and oxygen atoms in total. The maximum absolute atomic E-state index is 12.2. The first-order valence-electron chi connectivity index (χ1n) is 7.55. The van der Waals surface area contributed by atoms with Gasteiger partial charge in [0.1, 0.15) is 18.1 Å². The minimum Gasteiger partial charge on any atom is -0.497 e. The highest BCUT2D eigenvalue weighted by Crippen LogP contribution is 2.35. The van der Waals surface area contributed by atoms with Gasteiger partial charge in [-0.1, -0.05) is 11.6 Å². The average molecular weight is 366 g/mol. The molecular weight excluding hydrogens is 346 g/mol. The molecule has 0 atom stereocenters. The van der Waals surface area contributed by atoms with E-state index in [1.807, 2.05) is 0 Å². The number of hydrogen-bond acceptors (Lipinski definition) is 5. The largest absolute Gasteiger partial charge is 0.497 e. The van der Waals surface area contributed by atoms with E-state index >= 15 is 0 Å². The number of nitrogens with one attached hydrogen (secondary N) is 1. The standard InChI is InChI=1S/C18H20ClNO5/c1-22-13-4-6-14(7-5-13)25-9-8-20-18(21)12-10-15(19)17(24-3)16(11-12)23-2/h4-7,10-11H,8-9H2,1-3H3,(H,20,21). The smallest absolute Gasteiger partial charge is 0.251 e. The number of halogens is 1. The fraction of sp³-hybridized carbons (Fsp3) is 0.278. The van der Waals surface area contributed by atoms with Crippen molar-refractivity contribution in [2.24, 2.45) is 0 Å². The van der Waals surface area contributed by atoms with Crippen LogP contribution in [0.3, 0.4) is 0 Å². The number of hydrogen-bond donors (Lipinski definition) is 1. The lowest BCUT2D eigenvalue weighted by Gasteiger charge is -2.12. The van der Waals surface area contributed by atoms with Gasteiger partial charge < -0.3 is 24.3 Å². The molecule has 0 aliphatic carbocycles. The van der Waals surface area contributed by atoms with Gasteiger partial charge in [-0.2, -0.15) is 0 Å². The molecule has 0 saturated heterocycles. The van der Waals surface area contributed by atoms with Gasteiger partial charge in [-0.25, -0.2) is 0 Å². The van der Waals surface area contributed by atoms with Gasteiger partial charge in [0.15, 0.2) is 11.5 Å². The first-order chi connectivity index (χ1) is 12.1. The van der Waals surface area contributed by atoms with Crippen LogP contribution in [0.15, 0.2) is 36.4 Å². The number of rotatable bonds is 8. The zero-order valence-electron chi connectivity index (χ0n) is 14.3. The van der Waals surface area contributed by atoms with Crippen molar-refractivity contribution in [1.29, 1.82) is 0 Å². The molecule has 2 aromatic rings. The zero-order valence-corrected chi connectivity index (χ0v) is 15.1. The topological polar surface area (TPSA) is 66.0 Å². The molecule has 2 rings (SSSR count). The van der Waals surface area contributed by atoms with Crippen LogP contribution in [0.5, 0.6) is 23.0 Å². The van der Waals surface area contributed by atoms with Gasteiger partial charge in [0.25, 0.3) is 5.91 Å². The Bertz CT molecular complexity index is 718. The first-order valence-corrected chi connectivity index (χ1v) is 7.93. The van der Waals surface area contributed by atoms with Crippen molar-refractivity contribution >= 4 is 17.5 Å². The van der Waals surface area contributed by atoms with E-state index in [1.54, 1.807) is 37.4 Å². The summed E-state index contributed by atoms with van der Waals surface area (Å²) in [6.07, 6.45) is 0. The Morgan fingerprint density at radius 3 is 2.28 bits per heavy atom. The Morgan fingerprint density at radius 1 is 1.00 bits per heavy atom. The SMILES string of the molecule is COc1ccc(OCCNC(=O)c2cc(Cl)c(OC)c(OC)c2)cc1. The maximum Gasteiger partial charge on any atom is 0.251 e. The fourth-order valence-corrected chi connectivity index (χ4v) is 2.44. The summed E-state index contributed by atoms with van der Waals surface area (Å²) in [5, 5.41) is 3.07. The van der Waals surface area contributed by atoms with Gasteiger partial charge in [-0.05, 0) is 36.4 Å². The van der Waals surface area contributed by atoms with Crippen LogP contribution in [0, 0.1) is 0 Å². The van der Waals surface area contributed by atoms with Gasteiger partial charge in [0.2, 0.25) is 0 Å². The maximum atomic E-state index is 12.2. The van der Waals surface area contributed by atoms with E-state index < -0.39 is 0 Å². The van der Waals surface area contributed by atoms with Crippen molar-refractivity contribution in [3.8, 4) is 23.0 Å². The Labute approximate surface area is 151 Å². The van der Waals surface area contributed by atoms with Crippen LogP contribution in [0.2, 0.25) is 5.02 Å².